The number of nitrogens with one attached hydrogen (secondary N) is 1. The lowest BCUT2D eigenvalue weighted by molar-refractivity contribution is 0.103. The van der Waals surface area contributed by atoms with Crippen LogP contribution in [0.15, 0.2) is 53.4 Å². The van der Waals surface area contributed by atoms with Gasteiger partial charge in [0.1, 0.15) is 9.88 Å². The van der Waals surface area contributed by atoms with Crippen LogP contribution in [-0.4, -0.2) is 25.1 Å². The van der Waals surface area contributed by atoms with E-state index in [0.29, 0.717) is 26.3 Å². The Hall–Kier alpha value is -2.22. The largest absolute Gasteiger partial charge is 0.321 e. The lowest BCUT2D eigenvalue weighted by Gasteiger charge is -2.06. The number of rotatable bonds is 5. The molecule has 27 heavy (non-hydrogen) atoms. The van der Waals surface area contributed by atoms with E-state index in [2.05, 4.69) is 10.3 Å². The van der Waals surface area contributed by atoms with Crippen LogP contribution in [-0.2, 0) is 9.84 Å². The first-order valence-corrected chi connectivity index (χ1v) is 11.0. The van der Waals surface area contributed by atoms with Crippen LogP contribution in [0.2, 0.25) is 5.02 Å². The molecule has 1 amide bonds. The average molecular weight is 421 g/mol. The van der Waals surface area contributed by atoms with Crippen molar-refractivity contribution in [3.63, 3.8) is 0 Å². The van der Waals surface area contributed by atoms with Gasteiger partial charge in [-0.2, -0.15) is 0 Å². The first-order chi connectivity index (χ1) is 12.8. The van der Waals surface area contributed by atoms with Crippen LogP contribution in [0.25, 0.3) is 10.6 Å². The summed E-state index contributed by atoms with van der Waals surface area (Å²) in [4.78, 5) is 17.8. The molecule has 0 atom stereocenters. The van der Waals surface area contributed by atoms with Crippen molar-refractivity contribution in [3.8, 4) is 10.6 Å². The van der Waals surface area contributed by atoms with Crippen molar-refractivity contribution in [3.05, 3.63) is 64.1 Å². The van der Waals surface area contributed by atoms with E-state index in [1.165, 1.54) is 23.5 Å². The van der Waals surface area contributed by atoms with Gasteiger partial charge in [0.15, 0.2) is 9.84 Å². The Morgan fingerprint density at radius 3 is 2.52 bits per heavy atom. The third-order valence-corrected chi connectivity index (χ3v) is 7.12. The summed E-state index contributed by atoms with van der Waals surface area (Å²) in [6.45, 7) is 3.37. The fourth-order valence-electron chi connectivity index (χ4n) is 2.45. The molecule has 8 heteroatoms. The number of sulfone groups is 1. The molecule has 5 nitrogen and oxygen atoms in total. The summed E-state index contributed by atoms with van der Waals surface area (Å²) < 4.78 is 23.7. The summed E-state index contributed by atoms with van der Waals surface area (Å²) in [6, 6.07) is 13.4. The minimum atomic E-state index is -3.26. The third-order valence-electron chi connectivity index (χ3n) is 3.93. The Kier molecular flexibility index (Phi) is 5.64. The second-order valence-corrected chi connectivity index (χ2v) is 9.54. The fraction of sp³-hybridized carbons (Fsp3) is 0.158. The van der Waals surface area contributed by atoms with Gasteiger partial charge < -0.3 is 5.32 Å². The van der Waals surface area contributed by atoms with Crippen LogP contribution < -0.4 is 5.32 Å². The molecule has 0 aliphatic carbocycles. The average Bonchev–Trinajstić information content (AvgIpc) is 3.04. The summed E-state index contributed by atoms with van der Waals surface area (Å²) in [6.07, 6.45) is 0. The summed E-state index contributed by atoms with van der Waals surface area (Å²) in [5.41, 5.74) is 1.99. The Balaban J connectivity index is 1.81. The summed E-state index contributed by atoms with van der Waals surface area (Å²) in [7, 11) is -3.26. The van der Waals surface area contributed by atoms with Crippen LogP contribution in [0.1, 0.15) is 22.3 Å². The molecule has 1 heterocycles. The number of carbonyl (C=O) groups excluding carboxylic acids is 1. The number of nitrogens with zero attached hydrogens (tertiary/aromatic N) is 1. The fourth-order valence-corrected chi connectivity index (χ4v) is 4.48. The number of hydrogen-bond acceptors (Lipinski definition) is 5. The van der Waals surface area contributed by atoms with Crippen molar-refractivity contribution in [2.75, 3.05) is 11.1 Å². The van der Waals surface area contributed by atoms with Crippen molar-refractivity contribution in [2.45, 2.75) is 18.7 Å². The van der Waals surface area contributed by atoms with Crippen molar-refractivity contribution >= 4 is 44.4 Å². The molecule has 0 fully saturated rings. The van der Waals surface area contributed by atoms with Crippen LogP contribution in [0.5, 0.6) is 0 Å². The van der Waals surface area contributed by atoms with Gasteiger partial charge in [0.25, 0.3) is 5.91 Å². The highest BCUT2D eigenvalue weighted by atomic mass is 35.5. The van der Waals surface area contributed by atoms with Crippen molar-refractivity contribution in [2.24, 2.45) is 0 Å². The van der Waals surface area contributed by atoms with Crippen LogP contribution >= 0.6 is 22.9 Å². The molecule has 1 aromatic heterocycles. The molecule has 0 spiro atoms. The van der Waals surface area contributed by atoms with Gasteiger partial charge >= 0.3 is 0 Å². The van der Waals surface area contributed by atoms with Gasteiger partial charge in [0.05, 0.1) is 16.3 Å². The molecular formula is C19H17ClN2O3S2. The molecule has 0 aliphatic heterocycles. The molecule has 0 bridgehead atoms. The molecule has 0 saturated heterocycles. The van der Waals surface area contributed by atoms with Crippen LogP contribution in [0.3, 0.4) is 0 Å². The highest BCUT2D eigenvalue weighted by molar-refractivity contribution is 7.91. The standard InChI is InChI=1S/C19H17ClN2O3S2/c1-3-27(24,25)16-9-7-15(8-10-16)22-18(23)17-12(2)21-19(26-17)13-5-4-6-14(20)11-13/h4-11H,3H2,1-2H3,(H,22,23). The molecule has 0 aliphatic rings. The number of aromatic nitrogens is 1. The number of hydrogen-bond donors (Lipinski definition) is 1. The number of amides is 1. The second kappa shape index (κ2) is 7.80. The lowest BCUT2D eigenvalue weighted by atomic mass is 10.2. The molecule has 3 aromatic rings. The second-order valence-electron chi connectivity index (χ2n) is 5.83. The van der Waals surface area contributed by atoms with E-state index in [1.54, 1.807) is 38.1 Å². The minimum absolute atomic E-state index is 0.0328. The molecule has 140 valence electrons. The van der Waals surface area contributed by atoms with Gasteiger partial charge in [-0.25, -0.2) is 13.4 Å². The highest BCUT2D eigenvalue weighted by Crippen LogP contribution is 2.30. The van der Waals surface area contributed by atoms with E-state index in [4.69, 9.17) is 11.6 Å². The Morgan fingerprint density at radius 2 is 1.89 bits per heavy atom. The maximum atomic E-state index is 12.6. The van der Waals surface area contributed by atoms with Crippen molar-refractivity contribution < 1.29 is 13.2 Å². The zero-order chi connectivity index (χ0) is 19.6. The van der Waals surface area contributed by atoms with E-state index in [1.807, 2.05) is 12.1 Å². The molecule has 2 aromatic carbocycles. The van der Waals surface area contributed by atoms with Crippen molar-refractivity contribution in [1.29, 1.82) is 0 Å². The molecule has 1 N–H and O–H groups in total. The predicted molar refractivity (Wildman–Crippen MR) is 109 cm³/mol. The summed E-state index contributed by atoms with van der Waals surface area (Å²) in [5, 5.41) is 4.10. The Labute approximate surface area is 167 Å². The van der Waals surface area contributed by atoms with E-state index in [0.717, 1.165) is 5.56 Å². The number of aryl methyl sites for hydroxylation is 1. The maximum absolute atomic E-state index is 12.6. The smallest absolute Gasteiger partial charge is 0.267 e. The SMILES string of the molecule is CCS(=O)(=O)c1ccc(NC(=O)c2sc(-c3cccc(Cl)c3)nc2C)cc1. The van der Waals surface area contributed by atoms with Crippen molar-refractivity contribution in [1.82, 2.24) is 4.98 Å². The monoisotopic (exact) mass is 420 g/mol. The topological polar surface area (TPSA) is 76.1 Å². The van der Waals surface area contributed by atoms with E-state index >= 15 is 0 Å². The van der Waals surface area contributed by atoms with Gasteiger partial charge in [-0.3, -0.25) is 4.79 Å². The number of halogens is 1. The summed E-state index contributed by atoms with van der Waals surface area (Å²) >= 11 is 7.30. The van der Waals surface area contributed by atoms with Gasteiger partial charge in [0, 0.05) is 16.3 Å². The first kappa shape index (κ1) is 19.5. The Bertz CT molecular complexity index is 1090. The number of benzene rings is 2. The van der Waals surface area contributed by atoms with Gasteiger partial charge in [0.2, 0.25) is 0 Å². The quantitative estimate of drug-likeness (QED) is 0.642. The minimum Gasteiger partial charge on any atom is -0.321 e. The number of anilines is 1. The van der Waals surface area contributed by atoms with Crippen LogP contribution in [0.4, 0.5) is 5.69 Å². The molecule has 0 unspecified atom stereocenters. The zero-order valence-corrected chi connectivity index (χ0v) is 17.1. The Morgan fingerprint density at radius 1 is 1.19 bits per heavy atom. The predicted octanol–water partition coefficient (Wildman–Crippen LogP) is 4.82. The molecule has 0 saturated carbocycles. The first-order valence-electron chi connectivity index (χ1n) is 8.17. The molecular weight excluding hydrogens is 404 g/mol. The van der Waals surface area contributed by atoms with Gasteiger partial charge in [-0.15, -0.1) is 11.3 Å². The normalized spacial score (nSPS) is 11.4. The van der Waals surface area contributed by atoms with E-state index < -0.39 is 9.84 Å². The van der Waals surface area contributed by atoms with E-state index in [9.17, 15) is 13.2 Å². The maximum Gasteiger partial charge on any atom is 0.267 e. The highest BCUT2D eigenvalue weighted by Gasteiger charge is 2.17. The number of thiazole rings is 1. The summed E-state index contributed by atoms with van der Waals surface area (Å²) in [5.74, 6) is -0.255. The van der Waals surface area contributed by atoms with Gasteiger partial charge in [-0.1, -0.05) is 30.7 Å². The van der Waals surface area contributed by atoms with Crippen LogP contribution in [0, 0.1) is 6.92 Å². The number of carbonyl (C=O) groups is 1. The third kappa shape index (κ3) is 4.37. The van der Waals surface area contributed by atoms with E-state index in [-0.39, 0.29) is 16.6 Å². The van der Waals surface area contributed by atoms with Gasteiger partial charge in [-0.05, 0) is 43.3 Å². The molecule has 0 radical (unpaired) electrons. The zero-order valence-electron chi connectivity index (χ0n) is 14.7. The lowest BCUT2D eigenvalue weighted by Crippen LogP contribution is -2.11. The molecule has 3 rings (SSSR count).